The summed E-state index contributed by atoms with van der Waals surface area (Å²) in [6.45, 7) is 0. The highest BCUT2D eigenvalue weighted by molar-refractivity contribution is 9.09. The molecule has 1 unspecified atom stereocenters. The van der Waals surface area contributed by atoms with Gasteiger partial charge in [0.15, 0.2) is 11.5 Å². The normalized spacial score (nSPS) is 18.7. The third kappa shape index (κ3) is 1.44. The second-order valence-corrected chi connectivity index (χ2v) is 3.15. The number of fused-ring (bicyclic) bond motifs is 1. The second kappa shape index (κ2) is 2.88. The smallest absolute Gasteiger partial charge is 0.298 e. The molecule has 0 bridgehead atoms. The summed E-state index contributed by atoms with van der Waals surface area (Å²) < 4.78 is 10.2. The number of rotatable bonds is 1. The molecule has 0 saturated heterocycles. The first kappa shape index (κ1) is 8.31. The molecule has 1 atom stereocenters. The Morgan fingerprint density at radius 2 is 2.08 bits per heavy atom. The van der Waals surface area contributed by atoms with Gasteiger partial charge in [-0.15, -0.1) is 0 Å². The summed E-state index contributed by atoms with van der Waals surface area (Å²) in [4.78, 5) is 9.90. The number of benzene rings is 1. The van der Waals surface area contributed by atoms with Gasteiger partial charge in [-0.3, -0.25) is 10.1 Å². The zero-order valence-electron chi connectivity index (χ0n) is 6.27. The molecule has 0 aromatic heterocycles. The number of ether oxygens (including phenoxy) is 2. The maximum absolute atomic E-state index is 10.4. The van der Waals surface area contributed by atoms with E-state index < -0.39 is 10.1 Å². The van der Waals surface area contributed by atoms with Gasteiger partial charge in [-0.05, 0) is 6.07 Å². The van der Waals surface area contributed by atoms with E-state index >= 15 is 0 Å². The number of alkyl halides is 1. The van der Waals surface area contributed by atoms with Gasteiger partial charge in [-0.2, -0.15) is 0 Å². The van der Waals surface area contributed by atoms with E-state index in [4.69, 9.17) is 9.47 Å². The SMILES string of the molecule is O=[N+]([O-])c1ccc2c(c1)OC(Br)O2. The van der Waals surface area contributed by atoms with Crippen molar-refractivity contribution in [2.75, 3.05) is 0 Å². The van der Waals surface area contributed by atoms with Crippen molar-refractivity contribution in [3.63, 3.8) is 0 Å². The van der Waals surface area contributed by atoms with Crippen LogP contribution in [0.4, 0.5) is 5.69 Å². The van der Waals surface area contributed by atoms with Gasteiger partial charge in [-0.25, -0.2) is 0 Å². The number of non-ortho nitro benzene ring substituents is 1. The van der Waals surface area contributed by atoms with E-state index in [-0.39, 0.29) is 5.69 Å². The summed E-state index contributed by atoms with van der Waals surface area (Å²) in [5, 5.41) is 9.83. The minimum absolute atomic E-state index is 0.0102. The van der Waals surface area contributed by atoms with Crippen LogP contribution in [0.25, 0.3) is 0 Å². The molecule has 2 rings (SSSR count). The lowest BCUT2D eigenvalue weighted by atomic mass is 10.3. The highest BCUT2D eigenvalue weighted by Gasteiger charge is 2.23. The number of nitro groups is 1. The number of nitrogens with zero attached hydrogens (tertiary/aromatic N) is 1. The van der Waals surface area contributed by atoms with Crippen LogP contribution in [0, 0.1) is 10.1 Å². The van der Waals surface area contributed by atoms with Gasteiger partial charge >= 0.3 is 0 Å². The fourth-order valence-electron chi connectivity index (χ4n) is 1.02. The van der Waals surface area contributed by atoms with Gasteiger partial charge in [0.25, 0.3) is 10.9 Å². The topological polar surface area (TPSA) is 61.6 Å². The van der Waals surface area contributed by atoms with Crippen molar-refractivity contribution < 1.29 is 14.4 Å². The predicted molar refractivity (Wildman–Crippen MR) is 47.1 cm³/mol. The summed E-state index contributed by atoms with van der Waals surface area (Å²) in [5.74, 6) is 0.892. The molecule has 0 N–H and O–H groups in total. The predicted octanol–water partition coefficient (Wildman–Crippen LogP) is 2.04. The van der Waals surface area contributed by atoms with E-state index in [1.165, 1.54) is 18.2 Å². The van der Waals surface area contributed by atoms with Crippen LogP contribution in [0.5, 0.6) is 11.5 Å². The van der Waals surface area contributed by atoms with E-state index in [0.717, 1.165) is 0 Å². The third-order valence-corrected chi connectivity index (χ3v) is 1.95. The first-order valence-electron chi connectivity index (χ1n) is 3.42. The lowest BCUT2D eigenvalue weighted by Gasteiger charge is -1.97. The van der Waals surface area contributed by atoms with Gasteiger partial charge in [0.2, 0.25) is 0 Å². The lowest BCUT2D eigenvalue weighted by Crippen LogP contribution is -2.06. The van der Waals surface area contributed by atoms with Crippen molar-refractivity contribution in [3.8, 4) is 11.5 Å². The molecule has 6 heteroatoms. The van der Waals surface area contributed by atoms with Crippen LogP contribution >= 0.6 is 15.9 Å². The minimum Gasteiger partial charge on any atom is -0.441 e. The maximum Gasteiger partial charge on any atom is 0.298 e. The Kier molecular flexibility index (Phi) is 1.84. The number of halogens is 1. The largest absolute Gasteiger partial charge is 0.441 e. The van der Waals surface area contributed by atoms with Crippen LogP contribution in [0.1, 0.15) is 0 Å². The van der Waals surface area contributed by atoms with Gasteiger partial charge in [-0.1, -0.05) is 0 Å². The minimum atomic E-state index is -0.551. The summed E-state index contributed by atoms with van der Waals surface area (Å²) in [6, 6.07) is 4.21. The third-order valence-electron chi connectivity index (χ3n) is 1.58. The average molecular weight is 246 g/mol. The summed E-state index contributed by atoms with van der Waals surface area (Å²) >= 11 is 3.07. The zero-order valence-corrected chi connectivity index (χ0v) is 7.85. The van der Waals surface area contributed by atoms with Crippen LogP contribution in [0.15, 0.2) is 18.2 Å². The molecule has 1 aliphatic heterocycles. The highest BCUT2D eigenvalue weighted by Crippen LogP contribution is 2.38. The van der Waals surface area contributed by atoms with E-state index in [9.17, 15) is 10.1 Å². The Labute approximate surface area is 81.5 Å². The zero-order chi connectivity index (χ0) is 9.42. The molecule has 1 heterocycles. The molecule has 0 aliphatic carbocycles. The van der Waals surface area contributed by atoms with Crippen molar-refractivity contribution in [2.24, 2.45) is 0 Å². The quantitative estimate of drug-likeness (QED) is 0.432. The van der Waals surface area contributed by atoms with Crippen LogP contribution in [0.2, 0.25) is 0 Å². The van der Waals surface area contributed by atoms with Crippen molar-refractivity contribution in [1.29, 1.82) is 0 Å². The molecule has 0 radical (unpaired) electrons. The lowest BCUT2D eigenvalue weighted by molar-refractivity contribution is -0.384. The molecular formula is C7H4BrNO4. The van der Waals surface area contributed by atoms with E-state index in [1.54, 1.807) is 0 Å². The summed E-state index contributed by atoms with van der Waals surface area (Å²) in [7, 11) is 0. The second-order valence-electron chi connectivity index (χ2n) is 2.40. The Morgan fingerprint density at radius 1 is 1.38 bits per heavy atom. The van der Waals surface area contributed by atoms with E-state index in [2.05, 4.69) is 15.9 Å². The van der Waals surface area contributed by atoms with Crippen molar-refractivity contribution >= 4 is 21.6 Å². The van der Waals surface area contributed by atoms with Crippen LogP contribution in [-0.4, -0.2) is 10.1 Å². The van der Waals surface area contributed by atoms with Gasteiger partial charge in [0.1, 0.15) is 0 Å². The molecule has 68 valence electrons. The molecule has 0 spiro atoms. The molecule has 0 amide bonds. The van der Waals surface area contributed by atoms with Crippen molar-refractivity contribution in [1.82, 2.24) is 0 Å². The van der Waals surface area contributed by atoms with Gasteiger partial charge in [0, 0.05) is 22.0 Å². The molecule has 13 heavy (non-hydrogen) atoms. The van der Waals surface area contributed by atoms with Crippen LogP contribution < -0.4 is 9.47 Å². The van der Waals surface area contributed by atoms with Crippen LogP contribution in [0.3, 0.4) is 0 Å². The highest BCUT2D eigenvalue weighted by atomic mass is 79.9. The standard InChI is InChI=1S/C7H4BrNO4/c8-7-12-5-2-1-4(9(10)11)3-6(5)13-7/h1-3,7H. The molecule has 0 saturated carbocycles. The van der Waals surface area contributed by atoms with Gasteiger partial charge < -0.3 is 9.47 Å². The maximum atomic E-state index is 10.4. The Hall–Kier alpha value is -1.30. The number of hydrogen-bond acceptors (Lipinski definition) is 4. The fourth-order valence-corrected chi connectivity index (χ4v) is 1.43. The number of hydrogen-bond donors (Lipinski definition) is 0. The van der Waals surface area contributed by atoms with Crippen LogP contribution in [-0.2, 0) is 0 Å². The summed E-state index contributed by atoms with van der Waals surface area (Å²) in [5.41, 5.74) is -0.0102. The van der Waals surface area contributed by atoms with E-state index in [0.29, 0.717) is 11.5 Å². The average Bonchev–Trinajstić information content (AvgIpc) is 2.42. The Balaban J connectivity index is 2.40. The molecule has 0 fully saturated rings. The first-order chi connectivity index (χ1) is 6.16. The molecular weight excluding hydrogens is 242 g/mol. The number of nitro benzene ring substituents is 1. The summed E-state index contributed by atoms with van der Waals surface area (Å²) in [6.07, 6.45) is 0. The Morgan fingerprint density at radius 3 is 2.77 bits per heavy atom. The van der Waals surface area contributed by atoms with Crippen molar-refractivity contribution in [2.45, 2.75) is 5.20 Å². The monoisotopic (exact) mass is 245 g/mol. The molecule has 1 aromatic carbocycles. The van der Waals surface area contributed by atoms with Crippen molar-refractivity contribution in [3.05, 3.63) is 28.3 Å². The Bertz CT molecular complexity index is 368. The molecule has 1 aromatic rings. The fraction of sp³-hybridized carbons (Fsp3) is 0.143. The molecule has 1 aliphatic rings. The van der Waals surface area contributed by atoms with Gasteiger partial charge in [0.05, 0.1) is 11.0 Å². The van der Waals surface area contributed by atoms with E-state index in [1.807, 2.05) is 0 Å². The molecule has 5 nitrogen and oxygen atoms in total. The first-order valence-corrected chi connectivity index (χ1v) is 4.34.